The zero-order valence-corrected chi connectivity index (χ0v) is 12.1. The van der Waals surface area contributed by atoms with Gasteiger partial charge >= 0.3 is 0 Å². The van der Waals surface area contributed by atoms with Crippen molar-refractivity contribution in [1.82, 2.24) is 0 Å². The highest BCUT2D eigenvalue weighted by Gasteiger charge is 2.22. The number of carbonyl (C=O) groups excluding carboxylic acids is 1. The highest BCUT2D eigenvalue weighted by Crippen LogP contribution is 2.29. The number of ketones is 1. The average molecular weight is 322 g/mol. The lowest BCUT2D eigenvalue weighted by molar-refractivity contribution is 0.100. The third-order valence-corrected chi connectivity index (χ3v) is 5.07. The standard InChI is InChI=1S/C14H12BrNOS/c15-11-6-8-18-14(11)13(17)9-16-7-5-10-3-1-2-4-12(10)16/h1-4,6,8H,5,7,9H2. The first-order valence-corrected chi connectivity index (χ1v) is 7.52. The van der Waals surface area contributed by atoms with Gasteiger partial charge in [0.1, 0.15) is 0 Å². The maximum atomic E-state index is 12.2. The second-order valence-electron chi connectivity index (χ2n) is 4.32. The van der Waals surface area contributed by atoms with Gasteiger partial charge in [0.15, 0.2) is 5.78 Å². The van der Waals surface area contributed by atoms with Gasteiger partial charge in [-0.15, -0.1) is 11.3 Å². The summed E-state index contributed by atoms with van der Waals surface area (Å²) in [5.41, 5.74) is 2.55. The molecule has 0 fully saturated rings. The predicted molar refractivity (Wildman–Crippen MR) is 78.7 cm³/mol. The van der Waals surface area contributed by atoms with Gasteiger partial charge < -0.3 is 4.90 Å². The molecule has 0 spiro atoms. The van der Waals surface area contributed by atoms with E-state index in [0.717, 1.165) is 22.3 Å². The Morgan fingerprint density at radius 1 is 1.33 bits per heavy atom. The Bertz CT molecular complexity index is 593. The number of rotatable bonds is 3. The number of Topliss-reactive ketones (excluding diaryl/α,β-unsaturated/α-hetero) is 1. The first-order valence-electron chi connectivity index (χ1n) is 5.85. The van der Waals surface area contributed by atoms with Gasteiger partial charge in [-0.3, -0.25) is 4.79 Å². The van der Waals surface area contributed by atoms with Crippen LogP contribution < -0.4 is 4.90 Å². The summed E-state index contributed by atoms with van der Waals surface area (Å²) in [6, 6.07) is 10.2. The number of benzene rings is 1. The number of para-hydroxylation sites is 1. The van der Waals surface area contributed by atoms with Crippen molar-refractivity contribution in [3.63, 3.8) is 0 Å². The molecule has 0 saturated heterocycles. The molecular weight excluding hydrogens is 310 g/mol. The van der Waals surface area contributed by atoms with Crippen LogP contribution in [0.15, 0.2) is 40.2 Å². The lowest BCUT2D eigenvalue weighted by Gasteiger charge is -2.17. The van der Waals surface area contributed by atoms with Crippen LogP contribution in [0.5, 0.6) is 0 Å². The maximum Gasteiger partial charge on any atom is 0.193 e. The average Bonchev–Trinajstić information content (AvgIpc) is 2.97. The molecule has 0 saturated carbocycles. The van der Waals surface area contributed by atoms with Crippen molar-refractivity contribution in [2.24, 2.45) is 0 Å². The Balaban J connectivity index is 1.79. The highest BCUT2D eigenvalue weighted by molar-refractivity contribution is 9.10. The molecular formula is C14H12BrNOS. The molecule has 3 rings (SSSR count). The van der Waals surface area contributed by atoms with Crippen LogP contribution >= 0.6 is 27.3 Å². The lowest BCUT2D eigenvalue weighted by atomic mass is 10.2. The van der Waals surface area contributed by atoms with Crippen molar-refractivity contribution in [1.29, 1.82) is 0 Å². The number of anilines is 1. The van der Waals surface area contributed by atoms with Crippen LogP contribution in [-0.4, -0.2) is 18.9 Å². The molecule has 0 bridgehead atoms. The number of carbonyl (C=O) groups is 1. The number of thiophene rings is 1. The van der Waals surface area contributed by atoms with E-state index < -0.39 is 0 Å². The molecule has 92 valence electrons. The normalized spacial score (nSPS) is 13.7. The molecule has 0 aliphatic carbocycles. The molecule has 1 aromatic carbocycles. The van der Waals surface area contributed by atoms with E-state index in [-0.39, 0.29) is 5.78 Å². The smallest absolute Gasteiger partial charge is 0.193 e. The van der Waals surface area contributed by atoms with Gasteiger partial charge in [-0.05, 0) is 45.4 Å². The van der Waals surface area contributed by atoms with Crippen molar-refractivity contribution < 1.29 is 4.79 Å². The summed E-state index contributed by atoms with van der Waals surface area (Å²) in [5, 5.41) is 1.94. The topological polar surface area (TPSA) is 20.3 Å². The van der Waals surface area contributed by atoms with Crippen molar-refractivity contribution in [3.8, 4) is 0 Å². The van der Waals surface area contributed by atoms with Gasteiger partial charge in [-0.2, -0.15) is 0 Å². The summed E-state index contributed by atoms with van der Waals surface area (Å²) >= 11 is 4.92. The van der Waals surface area contributed by atoms with Crippen LogP contribution in [0.4, 0.5) is 5.69 Å². The van der Waals surface area contributed by atoms with Gasteiger partial charge in [0.25, 0.3) is 0 Å². The number of hydrogen-bond acceptors (Lipinski definition) is 3. The molecule has 0 amide bonds. The van der Waals surface area contributed by atoms with E-state index >= 15 is 0 Å². The van der Waals surface area contributed by atoms with Crippen molar-refractivity contribution >= 4 is 38.7 Å². The summed E-state index contributed by atoms with van der Waals surface area (Å²) in [6.45, 7) is 1.41. The molecule has 2 aromatic rings. The second-order valence-corrected chi connectivity index (χ2v) is 6.09. The van der Waals surface area contributed by atoms with Crippen molar-refractivity contribution in [2.75, 3.05) is 18.0 Å². The van der Waals surface area contributed by atoms with Crippen LogP contribution in [0.2, 0.25) is 0 Å². The van der Waals surface area contributed by atoms with Crippen LogP contribution in [0.25, 0.3) is 0 Å². The first kappa shape index (κ1) is 11.9. The quantitative estimate of drug-likeness (QED) is 0.802. The Morgan fingerprint density at radius 2 is 2.17 bits per heavy atom. The molecule has 0 atom stereocenters. The molecule has 0 N–H and O–H groups in total. The van der Waals surface area contributed by atoms with E-state index in [4.69, 9.17) is 0 Å². The molecule has 18 heavy (non-hydrogen) atoms. The van der Waals surface area contributed by atoms with E-state index in [0.29, 0.717) is 6.54 Å². The molecule has 2 nitrogen and oxygen atoms in total. The zero-order valence-electron chi connectivity index (χ0n) is 9.73. The minimum atomic E-state index is 0.188. The first-order chi connectivity index (χ1) is 8.75. The zero-order chi connectivity index (χ0) is 12.5. The van der Waals surface area contributed by atoms with Crippen molar-refractivity contribution in [3.05, 3.63) is 50.6 Å². The van der Waals surface area contributed by atoms with Gasteiger partial charge in [0, 0.05) is 16.7 Å². The second kappa shape index (κ2) is 4.86. The van der Waals surface area contributed by atoms with Crippen LogP contribution in [-0.2, 0) is 6.42 Å². The maximum absolute atomic E-state index is 12.2. The summed E-state index contributed by atoms with van der Waals surface area (Å²) in [5.74, 6) is 0.188. The Kier molecular flexibility index (Phi) is 3.22. The van der Waals surface area contributed by atoms with E-state index in [1.807, 2.05) is 17.5 Å². The Labute approximate surface area is 118 Å². The van der Waals surface area contributed by atoms with Gasteiger partial charge in [0.2, 0.25) is 0 Å². The third kappa shape index (κ3) is 2.10. The molecule has 1 aromatic heterocycles. The predicted octanol–water partition coefficient (Wildman–Crippen LogP) is 3.76. The Hall–Kier alpha value is -1.13. The minimum absolute atomic E-state index is 0.188. The third-order valence-electron chi connectivity index (χ3n) is 3.19. The van der Waals surface area contributed by atoms with Crippen LogP contribution in [0.1, 0.15) is 15.2 Å². The molecule has 1 aliphatic heterocycles. The van der Waals surface area contributed by atoms with E-state index in [1.54, 1.807) is 0 Å². The summed E-state index contributed by atoms with van der Waals surface area (Å²) in [4.78, 5) is 15.2. The summed E-state index contributed by atoms with van der Waals surface area (Å²) < 4.78 is 0.907. The molecule has 2 heterocycles. The number of nitrogens with zero attached hydrogens (tertiary/aromatic N) is 1. The number of hydrogen-bond donors (Lipinski definition) is 0. The largest absolute Gasteiger partial charge is 0.363 e. The van der Waals surface area contributed by atoms with Gasteiger partial charge in [-0.1, -0.05) is 18.2 Å². The molecule has 0 radical (unpaired) electrons. The molecule has 1 aliphatic rings. The Morgan fingerprint density at radius 3 is 2.94 bits per heavy atom. The fourth-order valence-corrected chi connectivity index (χ4v) is 3.83. The van der Waals surface area contributed by atoms with Crippen molar-refractivity contribution in [2.45, 2.75) is 6.42 Å². The van der Waals surface area contributed by atoms with Gasteiger partial charge in [-0.25, -0.2) is 0 Å². The SMILES string of the molecule is O=C(CN1CCc2ccccc21)c1sccc1Br. The van der Waals surface area contributed by atoms with Crippen LogP contribution in [0.3, 0.4) is 0 Å². The highest BCUT2D eigenvalue weighted by atomic mass is 79.9. The summed E-state index contributed by atoms with van der Waals surface area (Å²) in [7, 11) is 0. The van der Waals surface area contributed by atoms with Crippen LogP contribution in [0, 0.1) is 0 Å². The molecule has 0 unspecified atom stereocenters. The monoisotopic (exact) mass is 321 g/mol. The summed E-state index contributed by atoms with van der Waals surface area (Å²) in [6.07, 6.45) is 1.04. The van der Waals surface area contributed by atoms with Gasteiger partial charge in [0.05, 0.1) is 11.4 Å². The fraction of sp³-hybridized carbons (Fsp3) is 0.214. The minimum Gasteiger partial charge on any atom is -0.363 e. The van der Waals surface area contributed by atoms with E-state index in [2.05, 4.69) is 39.0 Å². The lowest BCUT2D eigenvalue weighted by Crippen LogP contribution is -2.27. The fourth-order valence-electron chi connectivity index (χ4n) is 2.31. The number of fused-ring (bicyclic) bond motifs is 1. The number of halogens is 1. The molecule has 4 heteroatoms. The van der Waals surface area contributed by atoms with E-state index in [9.17, 15) is 4.79 Å². The van der Waals surface area contributed by atoms with E-state index in [1.165, 1.54) is 22.6 Å².